The molecule has 1 N–H and O–H groups in total. The number of carbonyl (C=O) groups excluding carboxylic acids is 1. The van der Waals surface area contributed by atoms with Crippen molar-refractivity contribution in [1.29, 1.82) is 0 Å². The van der Waals surface area contributed by atoms with E-state index < -0.39 is 12.1 Å². The number of hydrogen-bond donors (Lipinski definition) is 1. The number of amides is 1. The lowest BCUT2D eigenvalue weighted by molar-refractivity contribution is -0.138. The zero-order chi connectivity index (χ0) is 28.2. The second kappa shape index (κ2) is 11.9. The Balaban J connectivity index is 1.41. The Kier molecular flexibility index (Phi) is 8.57. The van der Waals surface area contributed by atoms with Gasteiger partial charge in [-0.15, -0.1) is 0 Å². The monoisotopic (exact) mass is 535 g/mol. The Morgan fingerprint density at radius 2 is 1.87 bits per heavy atom. The van der Waals surface area contributed by atoms with Crippen LogP contribution in [0.5, 0.6) is 5.75 Å². The van der Waals surface area contributed by atoms with Crippen molar-refractivity contribution in [2.45, 2.75) is 59.0 Å². The van der Waals surface area contributed by atoms with E-state index in [-0.39, 0.29) is 36.2 Å². The zero-order valence-corrected chi connectivity index (χ0v) is 23.2. The maximum Gasteiger partial charge on any atom is 0.409 e. The van der Waals surface area contributed by atoms with Gasteiger partial charge in [-0.3, -0.25) is 4.79 Å². The number of carboxylic acid groups (broad SMARTS) is 1. The van der Waals surface area contributed by atoms with Crippen molar-refractivity contribution < 1.29 is 28.7 Å². The number of aliphatic carboxylic acids is 1. The molecule has 2 aromatic carbocycles. The number of hydrogen-bond acceptors (Lipinski definition) is 7. The molecule has 0 bridgehead atoms. The van der Waals surface area contributed by atoms with E-state index in [1.54, 1.807) is 4.90 Å². The Bertz CT molecular complexity index is 1280. The minimum atomic E-state index is -0.893. The van der Waals surface area contributed by atoms with E-state index in [2.05, 4.69) is 43.0 Å². The molecule has 0 unspecified atom stereocenters. The van der Waals surface area contributed by atoms with Crippen LogP contribution in [-0.4, -0.2) is 51.9 Å². The van der Waals surface area contributed by atoms with E-state index in [1.165, 1.54) is 5.56 Å². The van der Waals surface area contributed by atoms with Crippen LogP contribution in [0.4, 0.5) is 4.79 Å². The molecule has 39 heavy (non-hydrogen) atoms. The fourth-order valence-electron chi connectivity index (χ4n) is 4.68. The Hall–Kier alpha value is -3.88. The van der Waals surface area contributed by atoms with Crippen LogP contribution in [0.1, 0.15) is 63.9 Å². The van der Waals surface area contributed by atoms with Crippen LogP contribution in [0.15, 0.2) is 53.1 Å². The van der Waals surface area contributed by atoms with Gasteiger partial charge in [0, 0.05) is 24.6 Å². The lowest BCUT2D eigenvalue weighted by atomic mass is 9.87. The maximum atomic E-state index is 12.6. The van der Waals surface area contributed by atoms with E-state index in [4.69, 9.17) is 14.0 Å². The lowest BCUT2D eigenvalue weighted by Crippen LogP contribution is -2.30. The number of carboxylic acids is 1. The van der Waals surface area contributed by atoms with Crippen molar-refractivity contribution in [2.75, 3.05) is 19.7 Å². The van der Waals surface area contributed by atoms with Gasteiger partial charge in [0.25, 0.3) is 5.89 Å². The molecule has 4 rings (SSSR count). The van der Waals surface area contributed by atoms with Crippen molar-refractivity contribution in [3.05, 3.63) is 65.5 Å². The first-order valence-corrected chi connectivity index (χ1v) is 13.3. The largest absolute Gasteiger partial charge is 0.485 e. The highest BCUT2D eigenvalue weighted by molar-refractivity contribution is 5.70. The number of ether oxygens (including phenoxy) is 2. The van der Waals surface area contributed by atoms with Gasteiger partial charge in [0.15, 0.2) is 6.61 Å². The minimum absolute atomic E-state index is 0.0356. The lowest BCUT2D eigenvalue weighted by Gasteiger charge is -2.18. The molecule has 9 heteroatoms. The molecule has 2 heterocycles. The van der Waals surface area contributed by atoms with E-state index in [0.29, 0.717) is 37.2 Å². The molecule has 1 fully saturated rings. The fraction of sp³-hybridized carbons (Fsp3) is 0.467. The number of rotatable bonds is 9. The molecule has 1 amide bonds. The molecule has 1 aromatic heterocycles. The highest BCUT2D eigenvalue weighted by Gasteiger charge is 2.38. The van der Waals surface area contributed by atoms with Gasteiger partial charge in [0.05, 0.1) is 13.0 Å². The summed E-state index contributed by atoms with van der Waals surface area (Å²) in [6.45, 7) is 11.6. The highest BCUT2D eigenvalue weighted by Crippen LogP contribution is 2.36. The Morgan fingerprint density at radius 1 is 1.13 bits per heavy atom. The number of nitrogens with zero attached hydrogens (tertiary/aromatic N) is 3. The first-order valence-electron chi connectivity index (χ1n) is 13.3. The Morgan fingerprint density at radius 3 is 2.54 bits per heavy atom. The van der Waals surface area contributed by atoms with Gasteiger partial charge in [-0.2, -0.15) is 4.98 Å². The van der Waals surface area contributed by atoms with Crippen molar-refractivity contribution in [2.24, 2.45) is 11.8 Å². The molecule has 0 saturated carbocycles. The Labute approximate surface area is 229 Å². The van der Waals surface area contributed by atoms with E-state index in [0.717, 1.165) is 11.1 Å². The summed E-state index contributed by atoms with van der Waals surface area (Å²) >= 11 is 0. The zero-order valence-electron chi connectivity index (χ0n) is 23.2. The standard InChI is InChI=1S/C30H37N3O6/c1-19(2)17-38-29(36)33-15-22(14-27(34)35)25(16-33)21-7-6-8-24(13-21)37-18-26-31-28(39-32-26)20-9-11-23(12-10-20)30(3,4)5/h6-13,19,22,25H,14-18H2,1-5H3,(H,34,35)/t22-,25-/m0/s1. The van der Waals surface area contributed by atoms with Crippen molar-refractivity contribution in [3.8, 4) is 17.2 Å². The van der Waals surface area contributed by atoms with E-state index in [9.17, 15) is 14.7 Å². The van der Waals surface area contributed by atoms with Gasteiger partial charge in [0.1, 0.15) is 5.75 Å². The molecule has 1 saturated heterocycles. The first kappa shape index (κ1) is 28.1. The average molecular weight is 536 g/mol. The van der Waals surface area contributed by atoms with Crippen LogP contribution in [0, 0.1) is 11.8 Å². The van der Waals surface area contributed by atoms with Gasteiger partial charge in [0.2, 0.25) is 5.82 Å². The van der Waals surface area contributed by atoms with Crippen molar-refractivity contribution in [1.82, 2.24) is 15.0 Å². The van der Waals surface area contributed by atoms with Crippen LogP contribution in [-0.2, 0) is 21.6 Å². The molecule has 1 aliphatic rings. The molecule has 3 aromatic rings. The smallest absolute Gasteiger partial charge is 0.409 e. The maximum absolute atomic E-state index is 12.6. The minimum Gasteiger partial charge on any atom is -0.485 e. The number of likely N-dealkylation sites (tertiary alicyclic amines) is 1. The second-order valence-corrected chi connectivity index (χ2v) is 11.5. The molecule has 0 aliphatic carbocycles. The molecule has 9 nitrogen and oxygen atoms in total. The third-order valence-electron chi connectivity index (χ3n) is 6.80. The van der Waals surface area contributed by atoms with Gasteiger partial charge in [-0.1, -0.05) is 64.0 Å². The summed E-state index contributed by atoms with van der Waals surface area (Å²) < 4.78 is 16.8. The number of benzene rings is 2. The van der Waals surface area contributed by atoms with Crippen LogP contribution < -0.4 is 4.74 Å². The summed E-state index contributed by atoms with van der Waals surface area (Å²) in [4.78, 5) is 30.2. The molecule has 1 aliphatic heterocycles. The third kappa shape index (κ3) is 7.37. The number of aromatic nitrogens is 2. The van der Waals surface area contributed by atoms with E-state index in [1.807, 2.05) is 50.2 Å². The molecule has 0 spiro atoms. The van der Waals surface area contributed by atoms with E-state index >= 15 is 0 Å². The summed E-state index contributed by atoms with van der Waals surface area (Å²) in [5, 5.41) is 13.5. The van der Waals surface area contributed by atoms with Crippen molar-refractivity contribution in [3.63, 3.8) is 0 Å². The molecular weight excluding hydrogens is 498 g/mol. The van der Waals surface area contributed by atoms with Crippen molar-refractivity contribution >= 4 is 12.1 Å². The molecule has 208 valence electrons. The van der Waals surface area contributed by atoms with Gasteiger partial charge in [-0.25, -0.2) is 4.79 Å². The average Bonchev–Trinajstić information content (AvgIpc) is 3.53. The summed E-state index contributed by atoms with van der Waals surface area (Å²) in [6.07, 6.45) is -0.443. The van der Waals surface area contributed by atoms with Crippen LogP contribution in [0.25, 0.3) is 11.5 Å². The predicted octanol–water partition coefficient (Wildman–Crippen LogP) is 5.90. The summed E-state index contributed by atoms with van der Waals surface area (Å²) in [5.41, 5.74) is 3.02. The summed E-state index contributed by atoms with van der Waals surface area (Å²) in [6, 6.07) is 15.6. The number of carbonyl (C=O) groups is 2. The van der Waals surface area contributed by atoms with Crippen LogP contribution >= 0.6 is 0 Å². The third-order valence-corrected chi connectivity index (χ3v) is 6.80. The topological polar surface area (TPSA) is 115 Å². The molecular formula is C30H37N3O6. The molecule has 2 atom stereocenters. The quantitative estimate of drug-likeness (QED) is 0.360. The van der Waals surface area contributed by atoms with Crippen LogP contribution in [0.3, 0.4) is 0 Å². The predicted molar refractivity (Wildman–Crippen MR) is 145 cm³/mol. The second-order valence-electron chi connectivity index (χ2n) is 11.5. The summed E-state index contributed by atoms with van der Waals surface area (Å²) in [5.74, 6) is 0.394. The van der Waals surface area contributed by atoms with Gasteiger partial charge in [-0.05, 0) is 52.6 Å². The van der Waals surface area contributed by atoms with Crippen LogP contribution in [0.2, 0.25) is 0 Å². The fourth-order valence-corrected chi connectivity index (χ4v) is 4.68. The normalized spacial score (nSPS) is 17.4. The van der Waals surface area contributed by atoms with Gasteiger partial charge >= 0.3 is 12.1 Å². The van der Waals surface area contributed by atoms with Gasteiger partial charge < -0.3 is 24.0 Å². The molecule has 0 radical (unpaired) electrons. The summed E-state index contributed by atoms with van der Waals surface area (Å²) in [7, 11) is 0. The highest BCUT2D eigenvalue weighted by atomic mass is 16.6. The SMILES string of the molecule is CC(C)COC(=O)N1C[C@H](CC(=O)O)[C@H](c2cccc(OCc3noc(-c4ccc(C(C)(C)C)cc4)n3)c2)C1. The first-order chi connectivity index (χ1) is 18.5.